The minimum absolute atomic E-state index is 0.0594. The average Bonchev–Trinajstić information content (AvgIpc) is 3.19. The molecular formula is C23H24ClN3O3. The minimum Gasteiger partial charge on any atom is -0.338 e. The molecule has 3 amide bonds. The first-order chi connectivity index (χ1) is 14.4. The number of piperidine rings is 1. The Morgan fingerprint density at radius 3 is 2.70 bits per heavy atom. The van der Waals surface area contributed by atoms with Crippen molar-refractivity contribution in [3.8, 4) is 0 Å². The van der Waals surface area contributed by atoms with Crippen LogP contribution < -0.4 is 10.2 Å². The van der Waals surface area contributed by atoms with Crippen LogP contribution in [0.3, 0.4) is 0 Å². The lowest BCUT2D eigenvalue weighted by Crippen LogP contribution is -2.42. The molecule has 0 unspecified atom stereocenters. The average molecular weight is 426 g/mol. The van der Waals surface area contributed by atoms with Gasteiger partial charge in [0.1, 0.15) is 0 Å². The van der Waals surface area contributed by atoms with Crippen molar-refractivity contribution in [2.45, 2.75) is 19.8 Å². The van der Waals surface area contributed by atoms with Crippen molar-refractivity contribution in [2.24, 2.45) is 5.92 Å². The Morgan fingerprint density at radius 2 is 1.97 bits per heavy atom. The van der Waals surface area contributed by atoms with Gasteiger partial charge in [0.25, 0.3) is 5.91 Å². The van der Waals surface area contributed by atoms with E-state index in [2.05, 4.69) is 5.32 Å². The third-order valence-electron chi connectivity index (χ3n) is 5.79. The Balaban J connectivity index is 1.50. The van der Waals surface area contributed by atoms with Crippen molar-refractivity contribution in [3.63, 3.8) is 0 Å². The van der Waals surface area contributed by atoms with E-state index in [0.29, 0.717) is 48.0 Å². The van der Waals surface area contributed by atoms with Crippen molar-refractivity contribution < 1.29 is 14.4 Å². The number of nitrogens with one attached hydrogen (secondary N) is 1. The third kappa shape index (κ3) is 4.05. The molecule has 0 radical (unpaired) electrons. The Kier molecular flexibility index (Phi) is 5.77. The van der Waals surface area contributed by atoms with Crippen LogP contribution in [0.2, 0.25) is 5.02 Å². The number of likely N-dealkylation sites (tertiary alicyclic amines) is 1. The van der Waals surface area contributed by atoms with Crippen LogP contribution in [0.15, 0.2) is 42.5 Å². The number of carbonyl (C=O) groups is 3. The molecule has 2 saturated heterocycles. The lowest BCUT2D eigenvalue weighted by atomic mass is 9.88. The van der Waals surface area contributed by atoms with Gasteiger partial charge in [-0.05, 0) is 61.7 Å². The molecule has 30 heavy (non-hydrogen) atoms. The first-order valence-electron chi connectivity index (χ1n) is 10.2. The van der Waals surface area contributed by atoms with Crippen molar-refractivity contribution in [3.05, 3.63) is 64.2 Å². The summed E-state index contributed by atoms with van der Waals surface area (Å²) in [4.78, 5) is 41.5. The number of ketones is 1. The van der Waals surface area contributed by atoms with Crippen molar-refractivity contribution in [1.29, 1.82) is 0 Å². The Hall–Kier alpha value is -2.86. The third-order valence-corrected chi connectivity index (χ3v) is 6.03. The van der Waals surface area contributed by atoms with Gasteiger partial charge in [0.05, 0.1) is 0 Å². The monoisotopic (exact) mass is 425 g/mol. The fraction of sp³-hybridized carbons (Fsp3) is 0.348. The molecule has 2 aromatic rings. The molecule has 0 saturated carbocycles. The van der Waals surface area contributed by atoms with E-state index in [0.717, 1.165) is 18.4 Å². The molecule has 2 aliphatic heterocycles. The molecule has 0 bridgehead atoms. The summed E-state index contributed by atoms with van der Waals surface area (Å²) in [7, 11) is 0. The first-order valence-corrected chi connectivity index (χ1v) is 10.6. The molecule has 0 aromatic heterocycles. The second-order valence-electron chi connectivity index (χ2n) is 7.85. The smallest absolute Gasteiger partial charge is 0.321 e. The number of urea groups is 1. The zero-order valence-corrected chi connectivity index (χ0v) is 17.6. The van der Waals surface area contributed by atoms with Crippen LogP contribution in [0.1, 0.15) is 39.1 Å². The van der Waals surface area contributed by atoms with Crippen LogP contribution in [-0.2, 0) is 0 Å². The van der Waals surface area contributed by atoms with Crippen molar-refractivity contribution in [2.75, 3.05) is 31.1 Å². The summed E-state index contributed by atoms with van der Waals surface area (Å²) in [5, 5.41) is 3.38. The van der Waals surface area contributed by atoms with Gasteiger partial charge in [0, 0.05) is 53.9 Å². The van der Waals surface area contributed by atoms with Gasteiger partial charge in [-0.3, -0.25) is 14.5 Å². The van der Waals surface area contributed by atoms with Gasteiger partial charge in [-0.15, -0.1) is 0 Å². The Morgan fingerprint density at radius 1 is 1.13 bits per heavy atom. The lowest BCUT2D eigenvalue weighted by Gasteiger charge is -2.32. The van der Waals surface area contributed by atoms with Gasteiger partial charge < -0.3 is 10.2 Å². The van der Waals surface area contributed by atoms with E-state index < -0.39 is 0 Å². The highest BCUT2D eigenvalue weighted by Crippen LogP contribution is 2.26. The van der Waals surface area contributed by atoms with Crippen LogP contribution in [-0.4, -0.2) is 48.8 Å². The number of hydrogen-bond acceptors (Lipinski definition) is 3. The number of Topliss-reactive ketones (excluding diaryl/α,β-unsaturated/α-hetero) is 1. The summed E-state index contributed by atoms with van der Waals surface area (Å²) in [6.07, 6.45) is 1.54. The van der Waals surface area contributed by atoms with Crippen molar-refractivity contribution in [1.82, 2.24) is 10.2 Å². The molecule has 2 fully saturated rings. The SMILES string of the molecule is Cc1cc(Cl)ccc1C(=O)[C@H]1CCCN(C(=O)c2cccc(N3CCNC3=O)c2)C1. The number of nitrogens with zero attached hydrogens (tertiary/aromatic N) is 2. The predicted molar refractivity (Wildman–Crippen MR) is 116 cm³/mol. The number of benzene rings is 2. The van der Waals surface area contributed by atoms with E-state index in [1.807, 2.05) is 13.0 Å². The molecule has 7 heteroatoms. The molecule has 156 valence electrons. The van der Waals surface area contributed by atoms with Crippen LogP contribution >= 0.6 is 11.6 Å². The summed E-state index contributed by atoms with van der Waals surface area (Å²) in [5.74, 6) is -0.277. The number of aryl methyl sites for hydroxylation is 1. The van der Waals surface area contributed by atoms with E-state index in [9.17, 15) is 14.4 Å². The molecule has 0 spiro atoms. The van der Waals surface area contributed by atoms with Crippen LogP contribution in [0.5, 0.6) is 0 Å². The zero-order chi connectivity index (χ0) is 21.3. The van der Waals surface area contributed by atoms with Gasteiger partial charge in [-0.2, -0.15) is 0 Å². The molecule has 2 heterocycles. The highest BCUT2D eigenvalue weighted by molar-refractivity contribution is 6.30. The number of hydrogen-bond donors (Lipinski definition) is 1. The van der Waals surface area contributed by atoms with Crippen LogP contribution in [0, 0.1) is 12.8 Å². The molecule has 1 atom stereocenters. The van der Waals surface area contributed by atoms with Gasteiger partial charge in [-0.25, -0.2) is 4.79 Å². The number of rotatable bonds is 4. The summed E-state index contributed by atoms with van der Waals surface area (Å²) in [6.45, 7) is 4.07. The molecule has 2 aliphatic rings. The minimum atomic E-state index is -0.227. The maximum absolute atomic E-state index is 13.1. The van der Waals surface area contributed by atoms with E-state index >= 15 is 0 Å². The zero-order valence-electron chi connectivity index (χ0n) is 16.9. The van der Waals surface area contributed by atoms with Gasteiger partial charge in [0.15, 0.2) is 5.78 Å². The van der Waals surface area contributed by atoms with E-state index in [4.69, 9.17) is 11.6 Å². The second kappa shape index (κ2) is 8.48. The Bertz CT molecular complexity index is 1010. The molecule has 6 nitrogen and oxygen atoms in total. The molecule has 2 aromatic carbocycles. The quantitative estimate of drug-likeness (QED) is 0.755. The summed E-state index contributed by atoms with van der Waals surface area (Å²) in [5.41, 5.74) is 2.76. The number of anilines is 1. The first kappa shape index (κ1) is 20.4. The predicted octanol–water partition coefficient (Wildman–Crippen LogP) is 3.91. The second-order valence-corrected chi connectivity index (χ2v) is 8.28. The highest BCUT2D eigenvalue weighted by Gasteiger charge is 2.30. The normalized spacial score (nSPS) is 19.0. The van der Waals surface area contributed by atoms with Crippen LogP contribution in [0.4, 0.5) is 10.5 Å². The number of halogens is 1. The number of amides is 3. The van der Waals surface area contributed by atoms with Gasteiger partial charge >= 0.3 is 6.03 Å². The fourth-order valence-corrected chi connectivity index (χ4v) is 4.43. The molecule has 4 rings (SSSR count). The maximum Gasteiger partial charge on any atom is 0.321 e. The fourth-order valence-electron chi connectivity index (χ4n) is 4.21. The standard InChI is InChI=1S/C23H24ClN3O3/c1-15-12-18(24)7-8-20(15)21(28)17-5-3-10-26(14-17)22(29)16-4-2-6-19(13-16)27-11-9-25-23(27)30/h2,4,6-8,12-13,17H,3,5,9-11,14H2,1H3,(H,25,30)/t17-/m0/s1. The molecule has 0 aliphatic carbocycles. The Labute approximate surface area is 180 Å². The van der Waals surface area contributed by atoms with E-state index in [-0.39, 0.29) is 23.6 Å². The molecular weight excluding hydrogens is 402 g/mol. The highest BCUT2D eigenvalue weighted by atomic mass is 35.5. The largest absolute Gasteiger partial charge is 0.338 e. The van der Waals surface area contributed by atoms with Crippen molar-refractivity contribution >= 4 is 35.0 Å². The van der Waals surface area contributed by atoms with E-state index in [1.165, 1.54) is 0 Å². The van der Waals surface area contributed by atoms with Crippen LogP contribution in [0.25, 0.3) is 0 Å². The van der Waals surface area contributed by atoms with Gasteiger partial charge in [0.2, 0.25) is 0 Å². The summed E-state index contributed by atoms with van der Waals surface area (Å²) in [6, 6.07) is 12.3. The summed E-state index contributed by atoms with van der Waals surface area (Å²) < 4.78 is 0. The van der Waals surface area contributed by atoms with E-state index in [1.54, 1.807) is 46.2 Å². The van der Waals surface area contributed by atoms with Gasteiger partial charge in [-0.1, -0.05) is 17.7 Å². The molecule has 1 N–H and O–H groups in total. The number of carbonyl (C=O) groups excluding carboxylic acids is 3. The topological polar surface area (TPSA) is 69.7 Å². The summed E-state index contributed by atoms with van der Waals surface area (Å²) >= 11 is 6.02. The lowest BCUT2D eigenvalue weighted by molar-refractivity contribution is 0.0636. The maximum atomic E-state index is 13.1.